The lowest BCUT2D eigenvalue weighted by atomic mass is 9.94. The largest absolute Gasteiger partial charge is 0.351 e. The molecule has 9 aromatic carbocycles. The fraction of sp³-hybridized carbons (Fsp3) is 0.333. The van der Waals surface area contributed by atoms with E-state index in [-0.39, 0.29) is 5.91 Å². The van der Waals surface area contributed by atoms with Crippen LogP contribution in [0.4, 0.5) is 11.8 Å². The van der Waals surface area contributed by atoms with Gasteiger partial charge in [-0.15, -0.1) is 0 Å². The van der Waals surface area contributed by atoms with Gasteiger partial charge in [-0.25, -0.2) is 15.0 Å². The first-order chi connectivity index (χ1) is 57.9. The maximum atomic E-state index is 11.0. The Labute approximate surface area is 733 Å². The summed E-state index contributed by atoms with van der Waals surface area (Å²) in [6, 6.07) is 74.6. The Kier molecular flexibility index (Phi) is 35.4. The maximum absolute atomic E-state index is 11.0. The standard InChI is InChI=1S/C18H22.C17H20N2O.C17H20.C16H21N3.C15H19N.2C14H18N2/c1-5-15-6-8-16(9-7-15)18-11-10-17(13(2)3)12-14(18)4;1-11(2)14-5-7-16(12(3)9-14)15-6-8-17(18-10-15)19-13(4)20;1-12(2)15-8-9-17(14(4)11-15)16-7-5-6-13(3)10-16;1-11(2)13-6-7-15(12(3)8-13)14-9-17-16(18-10-14)19(4)5;1-11(2)13-7-8-14(12(3)10-13)15-6-5-9-16(15)4;1-10(2)12-5-6-14(11(3)7-12)13-8-15-16(4)9-13;1-10(2)12-5-6-13(11(3)9-12)14-7-8-16(4)15-14/h6-13H,5H2,1-4H3;5-11H,1-4H3,(H,18,19,20);5-12H,1-4H3;6-11H,1-5H3;5-11H,1-4H3;2*5-10H,1-4H3. The number of carbonyl (C=O) groups excluding carboxylic acids is 1. The highest BCUT2D eigenvalue weighted by atomic mass is 16.1. The molecular formula is C111H138N10O. The Hall–Kier alpha value is -11.8. The van der Waals surface area contributed by atoms with Crippen LogP contribution in [-0.2, 0) is 32.4 Å². The van der Waals surface area contributed by atoms with Gasteiger partial charge in [-0.05, 0) is 256 Å². The van der Waals surface area contributed by atoms with Crippen molar-refractivity contribution in [3.05, 3.63) is 339 Å². The summed E-state index contributed by atoms with van der Waals surface area (Å²) >= 11 is 0. The van der Waals surface area contributed by atoms with Gasteiger partial charge in [0.25, 0.3) is 0 Å². The van der Waals surface area contributed by atoms with Crippen LogP contribution in [0, 0.1) is 55.4 Å². The van der Waals surface area contributed by atoms with Crippen LogP contribution < -0.4 is 10.2 Å². The van der Waals surface area contributed by atoms with E-state index in [0.717, 1.165) is 29.2 Å². The number of benzene rings is 9. The molecule has 1 N–H and O–H groups in total. The third-order valence-corrected chi connectivity index (χ3v) is 22.4. The van der Waals surface area contributed by atoms with E-state index in [4.69, 9.17) is 0 Å². The SMILES string of the molecule is CC(=O)Nc1ccc(-c2ccc(C(C)C)cc2C)cn1.CCc1ccc(-c2ccc(C(C)C)cc2C)cc1.Cc1cc(C(C)C)ccc1-c1cccn1C.Cc1cc(C(C)C)ccc1-c1ccn(C)n1.Cc1cc(C(C)C)ccc1-c1cnc(N(C)C)nc1.Cc1cc(C(C)C)ccc1-c1cnn(C)c1.Cc1cccc(-c2ccc(C(C)C)cc2C)c1. The molecule has 0 saturated heterocycles. The molecule has 1 amide bonds. The number of amides is 1. The summed E-state index contributed by atoms with van der Waals surface area (Å²) in [6.45, 7) is 52.1. The second kappa shape index (κ2) is 45.2. The molecule has 5 heterocycles. The van der Waals surface area contributed by atoms with E-state index in [1.807, 2.05) is 79.4 Å². The lowest BCUT2D eigenvalue weighted by molar-refractivity contribution is -0.114. The van der Waals surface area contributed by atoms with Crippen LogP contribution in [0.15, 0.2) is 250 Å². The average molecular weight is 1630 g/mol. The van der Waals surface area contributed by atoms with Gasteiger partial charge in [0.15, 0.2) is 0 Å². The van der Waals surface area contributed by atoms with Crippen LogP contribution >= 0.6 is 0 Å². The Morgan fingerprint density at radius 1 is 0.361 bits per heavy atom. The summed E-state index contributed by atoms with van der Waals surface area (Å²) in [5, 5.41) is 11.3. The summed E-state index contributed by atoms with van der Waals surface area (Å²) in [7, 11) is 9.86. The summed E-state index contributed by atoms with van der Waals surface area (Å²) in [5.74, 6) is 5.25. The van der Waals surface area contributed by atoms with E-state index in [1.54, 1.807) is 6.20 Å². The van der Waals surface area contributed by atoms with Crippen LogP contribution in [0.5, 0.6) is 0 Å². The second-order valence-electron chi connectivity index (χ2n) is 35.1. The van der Waals surface area contributed by atoms with E-state index in [0.29, 0.717) is 47.2 Å². The average Bonchev–Trinajstić information content (AvgIpc) is 1.41. The molecule has 0 fully saturated rings. The number of nitrogens with one attached hydrogen (secondary N) is 1. The summed E-state index contributed by atoms with van der Waals surface area (Å²) in [6.07, 6.45) is 14.7. The zero-order valence-corrected chi connectivity index (χ0v) is 78.9. The van der Waals surface area contributed by atoms with Crippen molar-refractivity contribution in [1.82, 2.24) is 39.1 Å². The third-order valence-electron chi connectivity index (χ3n) is 22.4. The molecule has 0 atom stereocenters. The fourth-order valence-corrected chi connectivity index (χ4v) is 14.6. The summed E-state index contributed by atoms with van der Waals surface area (Å²) < 4.78 is 5.84. The highest BCUT2D eigenvalue weighted by Gasteiger charge is 2.15. The highest BCUT2D eigenvalue weighted by molar-refractivity contribution is 5.88. The lowest BCUT2D eigenvalue weighted by Gasteiger charge is -2.12. The number of nitrogens with zero attached hydrogens (tertiary/aromatic N) is 9. The molecule has 0 aliphatic carbocycles. The third kappa shape index (κ3) is 27.3. The van der Waals surface area contributed by atoms with Crippen molar-refractivity contribution in [2.24, 2.45) is 21.1 Å². The van der Waals surface area contributed by atoms with E-state index in [1.165, 1.54) is 157 Å². The minimum absolute atomic E-state index is 0.109. The molecule has 11 nitrogen and oxygen atoms in total. The molecule has 0 radical (unpaired) electrons. The van der Waals surface area contributed by atoms with E-state index in [9.17, 15) is 4.79 Å². The van der Waals surface area contributed by atoms with Gasteiger partial charge in [0.2, 0.25) is 11.9 Å². The molecule has 0 aliphatic heterocycles. The van der Waals surface area contributed by atoms with E-state index >= 15 is 0 Å². The molecule has 0 spiro atoms. The van der Waals surface area contributed by atoms with Crippen LogP contribution in [-0.4, -0.2) is 59.1 Å². The van der Waals surface area contributed by atoms with Crippen molar-refractivity contribution in [3.8, 4) is 78.1 Å². The minimum Gasteiger partial charge on any atom is -0.351 e. The second-order valence-corrected chi connectivity index (χ2v) is 35.1. The molecule has 0 bridgehead atoms. The molecule has 0 saturated carbocycles. The molecule has 5 aromatic heterocycles. The zero-order valence-electron chi connectivity index (χ0n) is 78.9. The predicted molar refractivity (Wildman–Crippen MR) is 524 cm³/mol. The number of hydrogen-bond donors (Lipinski definition) is 1. The van der Waals surface area contributed by atoms with Gasteiger partial charge in [-0.1, -0.05) is 285 Å². The Morgan fingerprint density at radius 3 is 1.07 bits per heavy atom. The van der Waals surface area contributed by atoms with Gasteiger partial charge in [-0.3, -0.25) is 14.2 Å². The van der Waals surface area contributed by atoms with Crippen molar-refractivity contribution in [2.75, 3.05) is 24.3 Å². The number of hydrogen-bond acceptors (Lipinski definition) is 7. The van der Waals surface area contributed by atoms with E-state index in [2.05, 4.69) is 408 Å². The molecule has 14 aromatic rings. The molecule has 0 aliphatic rings. The number of anilines is 2. The predicted octanol–water partition coefficient (Wildman–Crippen LogP) is 29.4. The first kappa shape index (κ1) is 95.6. The van der Waals surface area contributed by atoms with Crippen molar-refractivity contribution in [2.45, 2.75) is 214 Å². The van der Waals surface area contributed by atoms with E-state index < -0.39 is 0 Å². The number of pyridine rings is 1. The zero-order chi connectivity index (χ0) is 89.3. The Morgan fingerprint density at radius 2 is 0.738 bits per heavy atom. The molecule has 11 heteroatoms. The molecule has 638 valence electrons. The quantitative estimate of drug-likeness (QED) is 0.0966. The number of aryl methyl sites for hydroxylation is 12. The topological polar surface area (TPSA) is 112 Å². The monoisotopic (exact) mass is 1630 g/mol. The molecule has 122 heavy (non-hydrogen) atoms. The normalized spacial score (nSPS) is 10.9. The number of aromatic nitrogens is 8. The Balaban J connectivity index is 0.000000177. The van der Waals surface area contributed by atoms with Crippen molar-refractivity contribution in [1.29, 1.82) is 0 Å². The van der Waals surface area contributed by atoms with Gasteiger partial charge < -0.3 is 14.8 Å². The van der Waals surface area contributed by atoms with Gasteiger partial charge in [0.05, 0.1) is 11.9 Å². The first-order valence-corrected chi connectivity index (χ1v) is 43.6. The van der Waals surface area contributed by atoms with Crippen LogP contribution in [0.2, 0.25) is 0 Å². The molecule has 0 unspecified atom stereocenters. The van der Waals surface area contributed by atoms with Gasteiger partial charge in [-0.2, -0.15) is 10.2 Å². The van der Waals surface area contributed by atoms with Crippen molar-refractivity contribution < 1.29 is 4.79 Å². The van der Waals surface area contributed by atoms with Gasteiger partial charge in [0, 0.05) is 113 Å². The number of rotatable bonds is 17. The van der Waals surface area contributed by atoms with Crippen LogP contribution in [0.3, 0.4) is 0 Å². The van der Waals surface area contributed by atoms with Crippen molar-refractivity contribution >= 4 is 17.7 Å². The number of carbonyl (C=O) groups is 1. The fourth-order valence-electron chi connectivity index (χ4n) is 14.6. The highest BCUT2D eigenvalue weighted by Crippen LogP contribution is 2.35. The lowest BCUT2D eigenvalue weighted by Crippen LogP contribution is -2.12. The Bertz CT molecular complexity index is 5570. The smallest absolute Gasteiger partial charge is 0.224 e. The van der Waals surface area contributed by atoms with Crippen LogP contribution in [0.25, 0.3) is 78.1 Å². The van der Waals surface area contributed by atoms with Gasteiger partial charge in [0.1, 0.15) is 5.82 Å². The van der Waals surface area contributed by atoms with Crippen molar-refractivity contribution in [3.63, 3.8) is 0 Å². The molecule has 14 rings (SSSR count). The maximum Gasteiger partial charge on any atom is 0.224 e. The summed E-state index contributed by atoms with van der Waals surface area (Å²) in [4.78, 5) is 25.9. The molecular weight excluding hydrogens is 1490 g/mol. The first-order valence-electron chi connectivity index (χ1n) is 43.6. The minimum atomic E-state index is -0.109. The van der Waals surface area contributed by atoms with Crippen LogP contribution in [0.1, 0.15) is 241 Å². The van der Waals surface area contributed by atoms with Gasteiger partial charge >= 0.3 is 0 Å². The summed E-state index contributed by atoms with van der Waals surface area (Å²) in [5.41, 5.74) is 38.9.